The van der Waals surface area contributed by atoms with Gasteiger partial charge in [0, 0.05) is 12.4 Å². The lowest BCUT2D eigenvalue weighted by molar-refractivity contribution is -0.00304. The van der Waals surface area contributed by atoms with Crippen LogP contribution in [0.15, 0.2) is 31.4 Å². The number of ether oxygens (including phenoxy) is 1. The SMILES string of the molecule is CC[C@H]1O[C@@H](n2cnc3c(-n4ccnc4)ncnc32)CC1C. The quantitative estimate of drug-likeness (QED) is 0.742. The van der Waals surface area contributed by atoms with E-state index in [-0.39, 0.29) is 6.23 Å². The Balaban J connectivity index is 1.77. The van der Waals surface area contributed by atoms with Crippen molar-refractivity contribution >= 4 is 11.2 Å². The van der Waals surface area contributed by atoms with Gasteiger partial charge in [0.25, 0.3) is 0 Å². The van der Waals surface area contributed by atoms with Gasteiger partial charge in [-0.05, 0) is 18.8 Å². The highest BCUT2D eigenvalue weighted by molar-refractivity contribution is 5.78. The maximum atomic E-state index is 6.15. The molecule has 0 spiro atoms. The molecule has 1 aliphatic heterocycles. The molecule has 3 aromatic heterocycles. The molecule has 0 aliphatic carbocycles. The third-order valence-electron chi connectivity index (χ3n) is 4.34. The van der Waals surface area contributed by atoms with Crippen LogP contribution in [-0.2, 0) is 4.74 Å². The predicted octanol–water partition coefficient (Wildman–Crippen LogP) is 2.35. The summed E-state index contributed by atoms with van der Waals surface area (Å²) in [4.78, 5) is 17.3. The van der Waals surface area contributed by atoms with Crippen molar-refractivity contribution in [3.63, 3.8) is 0 Å². The molecule has 4 heterocycles. The van der Waals surface area contributed by atoms with Crippen molar-refractivity contribution in [2.45, 2.75) is 39.0 Å². The molecular formula is C15H18N6O. The van der Waals surface area contributed by atoms with Crippen molar-refractivity contribution in [1.29, 1.82) is 0 Å². The molecule has 3 aromatic rings. The molecule has 0 amide bonds. The first-order chi connectivity index (χ1) is 10.8. The normalized spacial score (nSPS) is 25.1. The summed E-state index contributed by atoms with van der Waals surface area (Å²) < 4.78 is 10.0. The Morgan fingerprint density at radius 1 is 1.27 bits per heavy atom. The Kier molecular flexibility index (Phi) is 3.15. The largest absolute Gasteiger partial charge is 0.354 e. The van der Waals surface area contributed by atoms with Crippen LogP contribution in [0.1, 0.15) is 32.9 Å². The molecule has 114 valence electrons. The second-order valence-corrected chi connectivity index (χ2v) is 5.74. The van der Waals surface area contributed by atoms with E-state index in [1.54, 1.807) is 25.2 Å². The fraction of sp³-hybridized carbons (Fsp3) is 0.467. The van der Waals surface area contributed by atoms with Gasteiger partial charge in [0.05, 0.1) is 12.4 Å². The molecule has 0 radical (unpaired) electrons. The van der Waals surface area contributed by atoms with Crippen LogP contribution >= 0.6 is 0 Å². The lowest BCUT2D eigenvalue weighted by Crippen LogP contribution is -2.12. The molecule has 1 aliphatic rings. The van der Waals surface area contributed by atoms with Crippen LogP contribution in [0.4, 0.5) is 0 Å². The summed E-state index contributed by atoms with van der Waals surface area (Å²) in [6.45, 7) is 4.40. The number of imidazole rings is 2. The summed E-state index contributed by atoms with van der Waals surface area (Å²) in [5.41, 5.74) is 1.56. The summed E-state index contributed by atoms with van der Waals surface area (Å²) in [7, 11) is 0. The summed E-state index contributed by atoms with van der Waals surface area (Å²) in [5, 5.41) is 0. The number of fused-ring (bicyclic) bond motifs is 1. The maximum Gasteiger partial charge on any atom is 0.169 e. The Morgan fingerprint density at radius 2 is 2.18 bits per heavy atom. The van der Waals surface area contributed by atoms with E-state index in [0.717, 1.165) is 29.8 Å². The molecule has 7 heteroatoms. The van der Waals surface area contributed by atoms with E-state index in [9.17, 15) is 0 Å². The predicted molar refractivity (Wildman–Crippen MR) is 80.4 cm³/mol. The van der Waals surface area contributed by atoms with Gasteiger partial charge in [0.1, 0.15) is 18.9 Å². The van der Waals surface area contributed by atoms with Crippen molar-refractivity contribution in [1.82, 2.24) is 29.1 Å². The van der Waals surface area contributed by atoms with Gasteiger partial charge in [-0.1, -0.05) is 13.8 Å². The standard InChI is InChI=1S/C15H18N6O/c1-3-11-10(2)6-12(22-11)21-9-19-13-14(17-7-18-15(13)21)20-5-4-16-8-20/h4-5,7-12H,3,6H2,1-2H3/t10?,11-,12-/m1/s1. The zero-order valence-corrected chi connectivity index (χ0v) is 12.6. The van der Waals surface area contributed by atoms with Gasteiger partial charge in [-0.15, -0.1) is 0 Å². The average molecular weight is 298 g/mol. The molecule has 3 atom stereocenters. The number of rotatable bonds is 3. The molecule has 0 saturated carbocycles. The maximum absolute atomic E-state index is 6.15. The molecule has 7 nitrogen and oxygen atoms in total. The van der Waals surface area contributed by atoms with Gasteiger partial charge in [0.15, 0.2) is 17.0 Å². The number of nitrogens with zero attached hydrogens (tertiary/aromatic N) is 6. The minimum absolute atomic E-state index is 0.00418. The topological polar surface area (TPSA) is 70.7 Å². The van der Waals surface area contributed by atoms with Crippen molar-refractivity contribution in [3.8, 4) is 5.82 Å². The Hall–Kier alpha value is -2.28. The number of aromatic nitrogens is 6. The second-order valence-electron chi connectivity index (χ2n) is 5.74. The van der Waals surface area contributed by atoms with E-state index in [1.807, 2.05) is 15.3 Å². The van der Waals surface area contributed by atoms with Crippen LogP contribution in [0.3, 0.4) is 0 Å². The highest BCUT2D eigenvalue weighted by Gasteiger charge is 2.33. The van der Waals surface area contributed by atoms with E-state index >= 15 is 0 Å². The molecule has 0 N–H and O–H groups in total. The van der Waals surface area contributed by atoms with Gasteiger partial charge in [-0.2, -0.15) is 0 Å². The van der Waals surface area contributed by atoms with Crippen LogP contribution in [0, 0.1) is 5.92 Å². The smallest absolute Gasteiger partial charge is 0.169 e. The molecule has 22 heavy (non-hydrogen) atoms. The van der Waals surface area contributed by atoms with Crippen molar-refractivity contribution < 1.29 is 4.74 Å². The highest BCUT2D eigenvalue weighted by Crippen LogP contribution is 2.36. The Morgan fingerprint density at radius 3 is 2.91 bits per heavy atom. The molecule has 0 bridgehead atoms. The summed E-state index contributed by atoms with van der Waals surface area (Å²) in [6.07, 6.45) is 10.9. The van der Waals surface area contributed by atoms with Gasteiger partial charge in [-0.3, -0.25) is 9.13 Å². The third-order valence-corrected chi connectivity index (χ3v) is 4.34. The van der Waals surface area contributed by atoms with Crippen LogP contribution in [0.5, 0.6) is 0 Å². The molecule has 4 rings (SSSR count). The average Bonchev–Trinajstić information content (AvgIpc) is 3.25. The van der Waals surface area contributed by atoms with Crippen LogP contribution < -0.4 is 0 Å². The van der Waals surface area contributed by atoms with E-state index in [1.165, 1.54) is 0 Å². The summed E-state index contributed by atoms with van der Waals surface area (Å²) >= 11 is 0. The molecular weight excluding hydrogens is 280 g/mol. The fourth-order valence-corrected chi connectivity index (χ4v) is 3.16. The van der Waals surface area contributed by atoms with Gasteiger partial charge >= 0.3 is 0 Å². The van der Waals surface area contributed by atoms with Gasteiger partial charge < -0.3 is 4.74 Å². The van der Waals surface area contributed by atoms with Crippen LogP contribution in [-0.4, -0.2) is 35.2 Å². The fourth-order valence-electron chi connectivity index (χ4n) is 3.16. The summed E-state index contributed by atoms with van der Waals surface area (Å²) in [5.74, 6) is 1.28. The third kappa shape index (κ3) is 2.00. The first-order valence-corrected chi connectivity index (χ1v) is 7.59. The molecule has 1 unspecified atom stereocenters. The monoisotopic (exact) mass is 298 g/mol. The van der Waals surface area contributed by atoms with Crippen molar-refractivity contribution in [2.24, 2.45) is 5.92 Å². The minimum Gasteiger partial charge on any atom is -0.354 e. The Bertz CT molecular complexity index is 781. The lowest BCUT2D eigenvalue weighted by Gasteiger charge is -2.14. The van der Waals surface area contributed by atoms with Gasteiger partial charge in [0.2, 0.25) is 0 Å². The van der Waals surface area contributed by atoms with Crippen LogP contribution in [0.2, 0.25) is 0 Å². The highest BCUT2D eigenvalue weighted by atomic mass is 16.5. The van der Waals surface area contributed by atoms with Crippen molar-refractivity contribution in [3.05, 3.63) is 31.4 Å². The van der Waals surface area contributed by atoms with Crippen molar-refractivity contribution in [2.75, 3.05) is 0 Å². The minimum atomic E-state index is -0.00418. The van der Waals surface area contributed by atoms with E-state index < -0.39 is 0 Å². The zero-order chi connectivity index (χ0) is 15.1. The first kappa shape index (κ1) is 13.4. The lowest BCUT2D eigenvalue weighted by atomic mass is 10.0. The number of hydrogen-bond acceptors (Lipinski definition) is 5. The van der Waals surface area contributed by atoms with Gasteiger partial charge in [-0.25, -0.2) is 19.9 Å². The Labute approximate surface area is 128 Å². The molecule has 1 fully saturated rings. The van der Waals surface area contributed by atoms with E-state index in [0.29, 0.717) is 12.0 Å². The van der Waals surface area contributed by atoms with E-state index in [2.05, 4.69) is 33.8 Å². The summed E-state index contributed by atoms with van der Waals surface area (Å²) in [6, 6.07) is 0. The van der Waals surface area contributed by atoms with E-state index in [4.69, 9.17) is 4.74 Å². The number of hydrogen-bond donors (Lipinski definition) is 0. The second kappa shape index (κ2) is 5.17. The zero-order valence-electron chi connectivity index (χ0n) is 12.6. The first-order valence-electron chi connectivity index (χ1n) is 7.59. The molecule has 0 aromatic carbocycles. The van der Waals surface area contributed by atoms with Crippen LogP contribution in [0.25, 0.3) is 17.0 Å². The molecule has 1 saturated heterocycles.